The molecule has 0 amide bonds. The van der Waals surface area contributed by atoms with E-state index in [2.05, 4.69) is 48.8 Å². The summed E-state index contributed by atoms with van der Waals surface area (Å²) in [6.45, 7) is 6.50. The minimum absolute atomic E-state index is 0.544. The average molecular weight is 243 g/mol. The van der Waals surface area contributed by atoms with E-state index >= 15 is 0 Å². The Kier molecular flexibility index (Phi) is 3.37. The quantitative estimate of drug-likeness (QED) is 0.765. The molecule has 1 nitrogen and oxygen atoms in total. The fourth-order valence-corrected chi connectivity index (χ4v) is 2.07. The molecule has 0 unspecified atom stereocenters. The molecule has 0 bridgehead atoms. The van der Waals surface area contributed by atoms with E-state index in [0.717, 1.165) is 10.2 Å². The van der Waals surface area contributed by atoms with Crippen LogP contribution in [0.15, 0.2) is 16.6 Å². The van der Waals surface area contributed by atoms with E-state index in [9.17, 15) is 0 Å². The van der Waals surface area contributed by atoms with E-state index in [0.29, 0.717) is 5.92 Å². The average Bonchev–Trinajstić information content (AvgIpc) is 2.03. The Morgan fingerprint density at radius 1 is 1.31 bits per heavy atom. The summed E-state index contributed by atoms with van der Waals surface area (Å²) in [6, 6.07) is 4.21. The molecule has 0 aliphatic carbocycles. The predicted molar refractivity (Wildman–Crippen MR) is 59.5 cm³/mol. The third kappa shape index (κ3) is 2.25. The van der Waals surface area contributed by atoms with Crippen LogP contribution in [0.2, 0.25) is 0 Å². The summed E-state index contributed by atoms with van der Waals surface area (Å²) >= 11 is 3.47. The molecule has 13 heavy (non-hydrogen) atoms. The van der Waals surface area contributed by atoms with Gasteiger partial charge in [-0.15, -0.1) is 0 Å². The van der Waals surface area contributed by atoms with Gasteiger partial charge in [0.2, 0.25) is 0 Å². The Balaban J connectivity index is 3.22. The second kappa shape index (κ2) is 4.14. The highest BCUT2D eigenvalue weighted by Crippen LogP contribution is 2.31. The summed E-state index contributed by atoms with van der Waals surface area (Å²) in [5.74, 6) is 1.45. The summed E-state index contributed by atoms with van der Waals surface area (Å²) in [4.78, 5) is 0. The lowest BCUT2D eigenvalue weighted by atomic mass is 9.98. The number of rotatable bonds is 2. The van der Waals surface area contributed by atoms with Crippen LogP contribution < -0.4 is 4.74 Å². The second-order valence-electron chi connectivity index (χ2n) is 3.50. The molecule has 0 saturated heterocycles. The zero-order valence-electron chi connectivity index (χ0n) is 8.52. The fourth-order valence-electron chi connectivity index (χ4n) is 1.45. The van der Waals surface area contributed by atoms with Gasteiger partial charge in [0, 0.05) is 0 Å². The number of benzene rings is 1. The first-order valence-corrected chi connectivity index (χ1v) is 5.19. The van der Waals surface area contributed by atoms with Gasteiger partial charge in [-0.3, -0.25) is 0 Å². The van der Waals surface area contributed by atoms with Crippen molar-refractivity contribution in [2.45, 2.75) is 26.7 Å². The van der Waals surface area contributed by atoms with Crippen LogP contribution in [0.4, 0.5) is 0 Å². The minimum Gasteiger partial charge on any atom is -0.496 e. The van der Waals surface area contributed by atoms with E-state index in [1.165, 1.54) is 11.1 Å². The number of halogens is 1. The smallest absolute Gasteiger partial charge is 0.133 e. The fraction of sp³-hybridized carbons (Fsp3) is 0.455. The third-order valence-electron chi connectivity index (χ3n) is 2.16. The number of hydrogen-bond donors (Lipinski definition) is 0. The summed E-state index contributed by atoms with van der Waals surface area (Å²) in [7, 11) is 1.69. The van der Waals surface area contributed by atoms with E-state index in [-0.39, 0.29) is 0 Å². The Bertz CT molecular complexity index is 305. The number of ether oxygens (including phenoxy) is 1. The van der Waals surface area contributed by atoms with Crippen molar-refractivity contribution in [1.29, 1.82) is 0 Å². The van der Waals surface area contributed by atoms with Gasteiger partial charge in [0.25, 0.3) is 0 Å². The first-order chi connectivity index (χ1) is 6.06. The van der Waals surface area contributed by atoms with Crippen LogP contribution in [0.3, 0.4) is 0 Å². The molecular weight excluding hydrogens is 228 g/mol. The normalized spacial score (nSPS) is 10.6. The second-order valence-corrected chi connectivity index (χ2v) is 4.35. The van der Waals surface area contributed by atoms with Gasteiger partial charge in [-0.1, -0.05) is 13.8 Å². The van der Waals surface area contributed by atoms with Crippen LogP contribution in [0.5, 0.6) is 5.75 Å². The van der Waals surface area contributed by atoms with Crippen molar-refractivity contribution >= 4 is 15.9 Å². The molecule has 1 aromatic rings. The highest BCUT2D eigenvalue weighted by atomic mass is 79.9. The van der Waals surface area contributed by atoms with Crippen molar-refractivity contribution in [2.24, 2.45) is 0 Å². The molecule has 1 rings (SSSR count). The molecule has 0 saturated carbocycles. The lowest BCUT2D eigenvalue weighted by Crippen LogP contribution is -1.94. The summed E-state index contributed by atoms with van der Waals surface area (Å²) in [6.07, 6.45) is 0. The molecule has 1 aromatic carbocycles. The third-order valence-corrected chi connectivity index (χ3v) is 2.78. The largest absolute Gasteiger partial charge is 0.496 e. The Labute approximate surface area is 88.2 Å². The van der Waals surface area contributed by atoms with Crippen LogP contribution in [0.1, 0.15) is 30.9 Å². The van der Waals surface area contributed by atoms with Crippen LogP contribution in [-0.4, -0.2) is 7.11 Å². The first kappa shape index (κ1) is 10.6. The molecule has 0 spiro atoms. The van der Waals surface area contributed by atoms with Crippen molar-refractivity contribution in [3.05, 3.63) is 27.7 Å². The number of hydrogen-bond acceptors (Lipinski definition) is 1. The van der Waals surface area contributed by atoms with E-state index in [4.69, 9.17) is 4.74 Å². The molecule has 0 radical (unpaired) electrons. The van der Waals surface area contributed by atoms with Gasteiger partial charge in [0.15, 0.2) is 0 Å². The van der Waals surface area contributed by atoms with E-state index in [1.54, 1.807) is 7.11 Å². The first-order valence-electron chi connectivity index (χ1n) is 4.40. The van der Waals surface area contributed by atoms with Gasteiger partial charge >= 0.3 is 0 Å². The van der Waals surface area contributed by atoms with E-state index in [1.807, 2.05) is 0 Å². The molecule has 0 fully saturated rings. The Hall–Kier alpha value is -0.500. The zero-order chi connectivity index (χ0) is 10.0. The molecule has 0 aromatic heterocycles. The maximum Gasteiger partial charge on any atom is 0.133 e. The van der Waals surface area contributed by atoms with Crippen LogP contribution in [0, 0.1) is 6.92 Å². The SMILES string of the molecule is COc1cc(C(C)C)c(C)cc1Br. The molecule has 0 heterocycles. The van der Waals surface area contributed by atoms with Crippen LogP contribution >= 0.6 is 15.9 Å². The van der Waals surface area contributed by atoms with Gasteiger partial charge in [-0.2, -0.15) is 0 Å². The maximum absolute atomic E-state index is 5.24. The predicted octanol–water partition coefficient (Wildman–Crippen LogP) is 3.89. The molecule has 72 valence electrons. The summed E-state index contributed by atoms with van der Waals surface area (Å²) in [5.41, 5.74) is 2.66. The van der Waals surface area contributed by atoms with Gasteiger partial charge in [0.05, 0.1) is 11.6 Å². The van der Waals surface area contributed by atoms with E-state index < -0.39 is 0 Å². The van der Waals surface area contributed by atoms with Crippen molar-refractivity contribution in [1.82, 2.24) is 0 Å². The Morgan fingerprint density at radius 2 is 1.92 bits per heavy atom. The molecule has 2 heteroatoms. The van der Waals surface area contributed by atoms with Crippen molar-refractivity contribution in [2.75, 3.05) is 7.11 Å². The minimum atomic E-state index is 0.544. The van der Waals surface area contributed by atoms with Crippen molar-refractivity contribution in [3.8, 4) is 5.75 Å². The molecule has 0 N–H and O–H groups in total. The van der Waals surface area contributed by atoms with Gasteiger partial charge in [0.1, 0.15) is 5.75 Å². The number of methoxy groups -OCH3 is 1. The maximum atomic E-state index is 5.24. The standard InChI is InChI=1S/C11H15BrO/c1-7(2)9-6-11(13-4)10(12)5-8(9)3/h5-7H,1-4H3. The van der Waals surface area contributed by atoms with Crippen LogP contribution in [0.25, 0.3) is 0 Å². The highest BCUT2D eigenvalue weighted by molar-refractivity contribution is 9.10. The summed E-state index contributed by atoms with van der Waals surface area (Å²) < 4.78 is 6.27. The zero-order valence-corrected chi connectivity index (χ0v) is 10.1. The van der Waals surface area contributed by atoms with Gasteiger partial charge in [-0.05, 0) is 52.0 Å². The molecule has 0 aliphatic rings. The highest BCUT2D eigenvalue weighted by Gasteiger charge is 2.08. The lowest BCUT2D eigenvalue weighted by molar-refractivity contribution is 0.411. The summed E-state index contributed by atoms with van der Waals surface area (Å²) in [5, 5.41) is 0. The van der Waals surface area contributed by atoms with Crippen LogP contribution in [-0.2, 0) is 0 Å². The van der Waals surface area contributed by atoms with Crippen molar-refractivity contribution < 1.29 is 4.74 Å². The van der Waals surface area contributed by atoms with Gasteiger partial charge in [-0.25, -0.2) is 0 Å². The Morgan fingerprint density at radius 3 is 2.38 bits per heavy atom. The number of aryl methyl sites for hydroxylation is 1. The molecule has 0 aliphatic heterocycles. The van der Waals surface area contributed by atoms with Crippen molar-refractivity contribution in [3.63, 3.8) is 0 Å². The molecule has 0 atom stereocenters. The lowest BCUT2D eigenvalue weighted by Gasteiger charge is -2.12. The monoisotopic (exact) mass is 242 g/mol. The topological polar surface area (TPSA) is 9.23 Å². The van der Waals surface area contributed by atoms with Gasteiger partial charge < -0.3 is 4.74 Å². The molecular formula is C11H15BrO.